The predicted molar refractivity (Wildman–Crippen MR) is 83.5 cm³/mol. The maximum Gasteiger partial charge on any atom is 0.0342 e. The predicted octanol–water partition coefficient (Wildman–Crippen LogP) is 4.76. The topological polar surface area (TPSA) is 12.0 Å². The van der Waals surface area contributed by atoms with Crippen molar-refractivity contribution in [1.82, 2.24) is 0 Å². The Kier molecular flexibility index (Phi) is 5.02. The van der Waals surface area contributed by atoms with Crippen LogP contribution in [0.2, 0.25) is 0 Å². The van der Waals surface area contributed by atoms with Crippen LogP contribution in [-0.4, -0.2) is 6.04 Å². The van der Waals surface area contributed by atoms with Crippen molar-refractivity contribution in [3.63, 3.8) is 0 Å². The Balaban J connectivity index is 2.03. The quantitative estimate of drug-likeness (QED) is 0.783. The van der Waals surface area contributed by atoms with Crippen molar-refractivity contribution in [2.24, 2.45) is 5.92 Å². The lowest BCUT2D eigenvalue weighted by atomic mass is 9.97. The van der Waals surface area contributed by atoms with Gasteiger partial charge in [0.25, 0.3) is 0 Å². The highest BCUT2D eigenvalue weighted by Crippen LogP contribution is 2.16. The number of nitrogens with one attached hydrogen (secondary N) is 1. The fourth-order valence-corrected chi connectivity index (χ4v) is 2.43. The zero-order chi connectivity index (χ0) is 13.5. The Morgan fingerprint density at radius 1 is 0.842 bits per heavy atom. The summed E-state index contributed by atoms with van der Waals surface area (Å²) >= 11 is 0. The van der Waals surface area contributed by atoms with E-state index in [1.807, 2.05) is 0 Å². The van der Waals surface area contributed by atoms with E-state index in [9.17, 15) is 0 Å². The van der Waals surface area contributed by atoms with E-state index in [-0.39, 0.29) is 0 Å². The number of hydrogen-bond acceptors (Lipinski definition) is 1. The lowest BCUT2D eigenvalue weighted by molar-refractivity contribution is 0.515. The minimum Gasteiger partial charge on any atom is -0.382 e. The SMILES string of the molecule is CC(C)C[C@H](Cc1ccccc1)Nc1ccccc1. The van der Waals surface area contributed by atoms with Crippen LogP contribution in [0.15, 0.2) is 60.7 Å². The van der Waals surface area contributed by atoms with Crippen molar-refractivity contribution in [3.8, 4) is 0 Å². The zero-order valence-electron chi connectivity index (χ0n) is 11.8. The Morgan fingerprint density at radius 3 is 2.00 bits per heavy atom. The molecule has 0 saturated carbocycles. The summed E-state index contributed by atoms with van der Waals surface area (Å²) < 4.78 is 0. The molecule has 2 rings (SSSR count). The maximum atomic E-state index is 3.66. The largest absolute Gasteiger partial charge is 0.382 e. The standard InChI is InChI=1S/C18H23N/c1-15(2)13-18(14-16-9-5-3-6-10-16)19-17-11-7-4-8-12-17/h3-12,15,18-19H,13-14H2,1-2H3/t18-/m1/s1. The lowest BCUT2D eigenvalue weighted by Crippen LogP contribution is -2.24. The zero-order valence-corrected chi connectivity index (χ0v) is 11.8. The average molecular weight is 253 g/mol. The number of hydrogen-bond donors (Lipinski definition) is 1. The van der Waals surface area contributed by atoms with Gasteiger partial charge in [-0.3, -0.25) is 0 Å². The Hall–Kier alpha value is -1.76. The molecule has 0 amide bonds. The van der Waals surface area contributed by atoms with E-state index in [1.54, 1.807) is 0 Å². The van der Waals surface area contributed by atoms with Crippen LogP contribution in [-0.2, 0) is 6.42 Å². The molecule has 0 fully saturated rings. The van der Waals surface area contributed by atoms with Crippen LogP contribution in [0.4, 0.5) is 5.69 Å². The van der Waals surface area contributed by atoms with Gasteiger partial charge in [0.2, 0.25) is 0 Å². The van der Waals surface area contributed by atoms with Crippen molar-refractivity contribution < 1.29 is 0 Å². The van der Waals surface area contributed by atoms with Gasteiger partial charge in [0.05, 0.1) is 0 Å². The third-order valence-electron chi connectivity index (χ3n) is 3.23. The van der Waals surface area contributed by atoms with Crippen LogP contribution in [0.25, 0.3) is 0 Å². The van der Waals surface area contributed by atoms with Gasteiger partial charge in [-0.1, -0.05) is 62.4 Å². The first-order valence-corrected chi connectivity index (χ1v) is 7.09. The fraction of sp³-hybridized carbons (Fsp3) is 0.333. The fourth-order valence-electron chi connectivity index (χ4n) is 2.43. The van der Waals surface area contributed by atoms with Crippen LogP contribution in [0, 0.1) is 5.92 Å². The smallest absolute Gasteiger partial charge is 0.0342 e. The Labute approximate surface area is 116 Å². The maximum absolute atomic E-state index is 3.66. The summed E-state index contributed by atoms with van der Waals surface area (Å²) in [5.41, 5.74) is 2.61. The highest BCUT2D eigenvalue weighted by molar-refractivity contribution is 5.43. The van der Waals surface area contributed by atoms with Gasteiger partial charge in [0.15, 0.2) is 0 Å². The molecule has 0 spiro atoms. The van der Waals surface area contributed by atoms with Crippen molar-refractivity contribution in [1.29, 1.82) is 0 Å². The third kappa shape index (κ3) is 4.78. The van der Waals surface area contributed by atoms with Crippen molar-refractivity contribution in [2.45, 2.75) is 32.7 Å². The number of anilines is 1. The first kappa shape index (κ1) is 13.7. The van der Waals surface area contributed by atoms with Crippen LogP contribution in [0.1, 0.15) is 25.8 Å². The van der Waals surface area contributed by atoms with Crippen LogP contribution < -0.4 is 5.32 Å². The number of rotatable bonds is 6. The van der Waals surface area contributed by atoms with Crippen LogP contribution in [0.3, 0.4) is 0 Å². The second-order valence-electron chi connectivity index (χ2n) is 5.53. The molecule has 2 aromatic carbocycles. The number of para-hydroxylation sites is 1. The summed E-state index contributed by atoms with van der Waals surface area (Å²) in [7, 11) is 0. The third-order valence-corrected chi connectivity index (χ3v) is 3.23. The molecule has 100 valence electrons. The highest BCUT2D eigenvalue weighted by atomic mass is 14.9. The summed E-state index contributed by atoms with van der Waals surface area (Å²) in [5, 5.41) is 3.66. The minimum atomic E-state index is 0.491. The molecule has 1 heteroatoms. The molecular weight excluding hydrogens is 230 g/mol. The van der Waals surface area contributed by atoms with E-state index in [4.69, 9.17) is 0 Å². The molecule has 0 bridgehead atoms. The van der Waals surface area contributed by atoms with Gasteiger partial charge in [-0.2, -0.15) is 0 Å². The molecule has 1 nitrogen and oxygen atoms in total. The number of benzene rings is 2. The molecule has 1 N–H and O–H groups in total. The molecule has 0 aliphatic carbocycles. The van der Waals surface area contributed by atoms with E-state index in [0.717, 1.165) is 6.42 Å². The molecule has 0 aromatic heterocycles. The molecule has 0 heterocycles. The van der Waals surface area contributed by atoms with Gasteiger partial charge in [0.1, 0.15) is 0 Å². The van der Waals surface area contributed by atoms with Crippen molar-refractivity contribution in [3.05, 3.63) is 66.2 Å². The van der Waals surface area contributed by atoms with Gasteiger partial charge in [-0.25, -0.2) is 0 Å². The molecule has 0 aliphatic heterocycles. The van der Waals surface area contributed by atoms with E-state index in [1.165, 1.54) is 17.7 Å². The van der Waals surface area contributed by atoms with Crippen molar-refractivity contribution >= 4 is 5.69 Å². The normalized spacial score (nSPS) is 12.4. The van der Waals surface area contributed by atoms with Gasteiger partial charge >= 0.3 is 0 Å². The molecule has 0 saturated heterocycles. The van der Waals surface area contributed by atoms with E-state index < -0.39 is 0 Å². The molecule has 1 atom stereocenters. The van der Waals surface area contributed by atoms with Crippen molar-refractivity contribution in [2.75, 3.05) is 5.32 Å². The lowest BCUT2D eigenvalue weighted by Gasteiger charge is -2.22. The van der Waals surface area contributed by atoms with Gasteiger partial charge in [-0.05, 0) is 36.5 Å². The summed E-state index contributed by atoms with van der Waals surface area (Å²) in [6, 6.07) is 21.7. The monoisotopic (exact) mass is 253 g/mol. The van der Waals surface area contributed by atoms with Crippen LogP contribution in [0.5, 0.6) is 0 Å². The average Bonchev–Trinajstić information content (AvgIpc) is 2.40. The van der Waals surface area contributed by atoms with Gasteiger partial charge in [0, 0.05) is 11.7 Å². The molecule has 0 radical (unpaired) electrons. The van der Waals surface area contributed by atoms with E-state index in [0.29, 0.717) is 12.0 Å². The Morgan fingerprint density at radius 2 is 1.42 bits per heavy atom. The summed E-state index contributed by atoms with van der Waals surface area (Å²) in [6.07, 6.45) is 2.26. The first-order chi connectivity index (χ1) is 9.24. The highest BCUT2D eigenvalue weighted by Gasteiger charge is 2.11. The van der Waals surface area contributed by atoms with Gasteiger partial charge in [-0.15, -0.1) is 0 Å². The molecule has 0 unspecified atom stereocenters. The summed E-state index contributed by atoms with van der Waals surface area (Å²) in [4.78, 5) is 0. The summed E-state index contributed by atoms with van der Waals surface area (Å²) in [5.74, 6) is 0.699. The second kappa shape index (κ2) is 6.98. The minimum absolute atomic E-state index is 0.491. The summed E-state index contributed by atoms with van der Waals surface area (Å²) in [6.45, 7) is 4.56. The Bertz CT molecular complexity index is 420. The molecule has 2 aromatic rings. The van der Waals surface area contributed by atoms with Gasteiger partial charge < -0.3 is 5.32 Å². The van der Waals surface area contributed by atoms with E-state index >= 15 is 0 Å². The molecular formula is C18H23N. The van der Waals surface area contributed by atoms with Crippen LogP contribution >= 0.6 is 0 Å². The molecule has 19 heavy (non-hydrogen) atoms. The van der Waals surface area contributed by atoms with E-state index in [2.05, 4.69) is 79.8 Å². The first-order valence-electron chi connectivity index (χ1n) is 7.09. The molecule has 0 aliphatic rings. The second-order valence-corrected chi connectivity index (χ2v) is 5.53.